The molecule has 13 heteroatoms. The zero-order chi connectivity index (χ0) is 30.0. The fraction of sp³-hybridized carbons (Fsp3) is 0.276. The van der Waals surface area contributed by atoms with Crippen LogP contribution in [-0.2, 0) is 34.2 Å². The number of aliphatic carboxylic acids is 1. The lowest BCUT2D eigenvalue weighted by Crippen LogP contribution is -2.50. The number of hydrogen-bond acceptors (Lipinski definition) is 5. The Hall–Kier alpha value is -3.64. The molecule has 42 heavy (non-hydrogen) atoms. The van der Waals surface area contributed by atoms with E-state index in [0.717, 1.165) is 24.0 Å². The van der Waals surface area contributed by atoms with Crippen molar-refractivity contribution in [2.75, 3.05) is 13.1 Å². The van der Waals surface area contributed by atoms with Crippen molar-refractivity contribution in [1.82, 2.24) is 20.3 Å². The van der Waals surface area contributed by atoms with Crippen molar-refractivity contribution < 1.29 is 27.9 Å². The van der Waals surface area contributed by atoms with Gasteiger partial charge in [-0.25, -0.2) is 18.0 Å². The number of carbonyl (C=O) groups is 3. The highest BCUT2D eigenvalue weighted by Crippen LogP contribution is 2.36. The molecular weight excluding hydrogens is 603 g/mol. The lowest BCUT2D eigenvalue weighted by atomic mass is 9.97. The van der Waals surface area contributed by atoms with Gasteiger partial charge in [-0.05, 0) is 59.7 Å². The van der Waals surface area contributed by atoms with Crippen molar-refractivity contribution in [2.45, 2.75) is 42.8 Å². The number of aryl methyl sites for hydroxylation is 1. The minimum Gasteiger partial charge on any atom is -0.480 e. The minimum atomic E-state index is -3.76. The van der Waals surface area contributed by atoms with Gasteiger partial charge in [0.2, 0.25) is 10.0 Å². The van der Waals surface area contributed by atoms with Gasteiger partial charge in [0, 0.05) is 13.1 Å². The SMILES string of the molecule is O=C(NCC(NC(=O)c1c(Cl)cc2c(c1Cl)CCN(S(=O)(=O)c1ccccc1)C2)C(=O)O)NC1CCc2ccccc21. The average molecular weight is 632 g/mol. The van der Waals surface area contributed by atoms with Gasteiger partial charge < -0.3 is 21.1 Å². The third-order valence-electron chi connectivity index (χ3n) is 7.49. The highest BCUT2D eigenvalue weighted by atomic mass is 35.5. The Morgan fingerprint density at radius 1 is 1.00 bits per heavy atom. The van der Waals surface area contributed by atoms with Crippen LogP contribution in [0.1, 0.15) is 45.1 Å². The minimum absolute atomic E-state index is 0.0101. The number of fused-ring (bicyclic) bond motifs is 2. The zero-order valence-electron chi connectivity index (χ0n) is 22.3. The number of rotatable bonds is 8. The van der Waals surface area contributed by atoms with E-state index in [1.807, 2.05) is 24.3 Å². The monoisotopic (exact) mass is 630 g/mol. The van der Waals surface area contributed by atoms with Gasteiger partial charge in [-0.3, -0.25) is 4.79 Å². The Kier molecular flexibility index (Phi) is 8.74. The second-order valence-electron chi connectivity index (χ2n) is 10.1. The second-order valence-corrected chi connectivity index (χ2v) is 12.8. The molecule has 3 aromatic carbocycles. The molecule has 1 aliphatic carbocycles. The van der Waals surface area contributed by atoms with Crippen molar-refractivity contribution in [3.05, 3.63) is 98.5 Å². The number of carboxylic acid groups (broad SMARTS) is 1. The fourth-order valence-corrected chi connectivity index (χ4v) is 7.53. The third kappa shape index (κ3) is 6.10. The first-order valence-electron chi connectivity index (χ1n) is 13.3. The van der Waals surface area contributed by atoms with Gasteiger partial charge in [0.15, 0.2) is 0 Å². The number of carbonyl (C=O) groups excluding carboxylic acids is 2. The van der Waals surface area contributed by atoms with Gasteiger partial charge in [0.25, 0.3) is 5.91 Å². The molecule has 10 nitrogen and oxygen atoms in total. The van der Waals surface area contributed by atoms with E-state index >= 15 is 0 Å². The Morgan fingerprint density at radius 3 is 2.45 bits per heavy atom. The molecule has 0 radical (unpaired) electrons. The number of nitrogens with zero attached hydrogens (tertiary/aromatic N) is 1. The molecule has 0 saturated carbocycles. The van der Waals surface area contributed by atoms with E-state index in [1.54, 1.807) is 18.2 Å². The van der Waals surface area contributed by atoms with Crippen molar-refractivity contribution in [3.8, 4) is 0 Å². The molecule has 4 N–H and O–H groups in total. The summed E-state index contributed by atoms with van der Waals surface area (Å²) in [5.41, 5.74) is 3.17. The van der Waals surface area contributed by atoms with E-state index < -0.39 is 34.0 Å². The second kappa shape index (κ2) is 12.3. The number of urea groups is 1. The van der Waals surface area contributed by atoms with Crippen LogP contribution in [0.4, 0.5) is 4.79 Å². The molecule has 2 unspecified atom stereocenters. The van der Waals surface area contributed by atoms with Crippen molar-refractivity contribution in [1.29, 1.82) is 0 Å². The summed E-state index contributed by atoms with van der Waals surface area (Å²) in [6, 6.07) is 15.1. The van der Waals surface area contributed by atoms with Crippen LogP contribution in [0.3, 0.4) is 0 Å². The Labute approximate surface area is 253 Å². The summed E-state index contributed by atoms with van der Waals surface area (Å²) in [7, 11) is -3.76. The van der Waals surface area contributed by atoms with Crippen LogP contribution < -0.4 is 16.0 Å². The highest BCUT2D eigenvalue weighted by molar-refractivity contribution is 7.89. The summed E-state index contributed by atoms with van der Waals surface area (Å²) in [5, 5.41) is 17.4. The molecule has 0 fully saturated rings. The summed E-state index contributed by atoms with van der Waals surface area (Å²) >= 11 is 13.0. The van der Waals surface area contributed by atoms with E-state index in [2.05, 4.69) is 16.0 Å². The normalized spacial score (nSPS) is 17.0. The molecule has 0 bridgehead atoms. The molecule has 5 rings (SSSR count). The third-order valence-corrected chi connectivity index (χ3v) is 10.1. The van der Waals surface area contributed by atoms with Crippen molar-refractivity contribution in [3.63, 3.8) is 0 Å². The van der Waals surface area contributed by atoms with Crippen molar-refractivity contribution >= 4 is 51.1 Å². The van der Waals surface area contributed by atoms with Gasteiger partial charge in [0.1, 0.15) is 6.04 Å². The van der Waals surface area contributed by atoms with Crippen LogP contribution in [0.15, 0.2) is 65.6 Å². The topological polar surface area (TPSA) is 145 Å². The molecule has 2 aliphatic rings. The number of sulfonamides is 1. The van der Waals surface area contributed by atoms with Crippen LogP contribution in [0.5, 0.6) is 0 Å². The predicted octanol–water partition coefficient (Wildman–Crippen LogP) is 3.91. The number of benzene rings is 3. The maximum Gasteiger partial charge on any atom is 0.328 e. The van der Waals surface area contributed by atoms with Gasteiger partial charge in [-0.2, -0.15) is 4.31 Å². The number of nitrogens with one attached hydrogen (secondary N) is 3. The zero-order valence-corrected chi connectivity index (χ0v) is 24.6. The maximum absolute atomic E-state index is 13.2. The van der Waals surface area contributed by atoms with Gasteiger partial charge in [0.05, 0.1) is 33.1 Å². The molecule has 0 aromatic heterocycles. The molecule has 220 valence electrons. The summed E-state index contributed by atoms with van der Waals surface area (Å²) in [5.74, 6) is -2.19. The summed E-state index contributed by atoms with van der Waals surface area (Å²) < 4.78 is 27.5. The molecule has 3 aromatic rings. The lowest BCUT2D eigenvalue weighted by Gasteiger charge is -2.29. The molecule has 1 aliphatic heterocycles. The van der Waals surface area contributed by atoms with E-state index in [0.29, 0.717) is 11.1 Å². The van der Waals surface area contributed by atoms with Crippen LogP contribution in [0, 0.1) is 0 Å². The Morgan fingerprint density at radius 2 is 1.71 bits per heavy atom. The maximum atomic E-state index is 13.2. The standard InChI is InChI=1S/C29H28Cl2N4O6S/c30-22-14-18-16-35(42(40,41)19-7-2-1-3-8-19)13-12-21(18)26(31)25(22)27(36)33-24(28(37)38)15-32-29(39)34-23-11-10-17-6-4-5-9-20(17)23/h1-9,14,23-24H,10-13,15-16H2,(H,33,36)(H,37,38)(H2,32,34,39). The molecular formula is C29H28Cl2N4O6S. The Balaban J connectivity index is 1.25. The summed E-state index contributed by atoms with van der Waals surface area (Å²) in [6.45, 7) is -0.237. The lowest BCUT2D eigenvalue weighted by molar-refractivity contribution is -0.139. The smallest absolute Gasteiger partial charge is 0.328 e. The van der Waals surface area contributed by atoms with E-state index in [9.17, 15) is 27.9 Å². The molecule has 3 amide bonds. The molecule has 1 heterocycles. The summed E-state index contributed by atoms with van der Waals surface area (Å²) in [4.78, 5) is 37.8. The number of amides is 3. The average Bonchev–Trinajstić information content (AvgIpc) is 3.37. The number of carboxylic acids is 1. The molecule has 0 saturated heterocycles. The fourth-order valence-electron chi connectivity index (χ4n) is 5.32. The highest BCUT2D eigenvalue weighted by Gasteiger charge is 2.32. The van der Waals surface area contributed by atoms with Gasteiger partial charge in [-0.1, -0.05) is 65.7 Å². The quantitative estimate of drug-likeness (QED) is 0.297. The van der Waals surface area contributed by atoms with Gasteiger partial charge in [-0.15, -0.1) is 0 Å². The van der Waals surface area contributed by atoms with Crippen LogP contribution in [0.25, 0.3) is 0 Å². The number of hydrogen-bond donors (Lipinski definition) is 4. The van der Waals surface area contributed by atoms with E-state index in [-0.39, 0.29) is 52.6 Å². The van der Waals surface area contributed by atoms with Crippen LogP contribution in [0.2, 0.25) is 10.0 Å². The largest absolute Gasteiger partial charge is 0.480 e. The first kappa shape index (κ1) is 29.8. The van der Waals surface area contributed by atoms with E-state index in [1.165, 1.54) is 22.5 Å². The van der Waals surface area contributed by atoms with Crippen LogP contribution >= 0.6 is 23.2 Å². The molecule has 0 spiro atoms. The van der Waals surface area contributed by atoms with Crippen molar-refractivity contribution in [2.24, 2.45) is 0 Å². The summed E-state index contributed by atoms with van der Waals surface area (Å²) in [6.07, 6.45) is 1.79. The number of halogens is 2. The van der Waals surface area contributed by atoms with Crippen LogP contribution in [-0.4, -0.2) is 54.9 Å². The van der Waals surface area contributed by atoms with E-state index in [4.69, 9.17) is 23.2 Å². The predicted molar refractivity (Wildman–Crippen MR) is 157 cm³/mol. The Bertz CT molecular complexity index is 1650. The first-order valence-corrected chi connectivity index (χ1v) is 15.5. The first-order chi connectivity index (χ1) is 20.1. The molecule has 2 atom stereocenters. The van der Waals surface area contributed by atoms with Gasteiger partial charge >= 0.3 is 12.0 Å².